The van der Waals surface area contributed by atoms with Crippen LogP contribution in [0.2, 0.25) is 0 Å². The summed E-state index contributed by atoms with van der Waals surface area (Å²) in [5.41, 5.74) is 3.82. The van der Waals surface area contributed by atoms with Crippen molar-refractivity contribution < 1.29 is 28.4 Å². The molecule has 15 nitrogen and oxygen atoms in total. The van der Waals surface area contributed by atoms with Crippen molar-refractivity contribution in [3.8, 4) is 67.9 Å². The molecule has 15 heteroatoms. The lowest BCUT2D eigenvalue weighted by atomic mass is 9.91. The highest BCUT2D eigenvalue weighted by atomic mass is 16.5. The van der Waals surface area contributed by atoms with Gasteiger partial charge >= 0.3 is 0 Å². The number of anilines is 3. The standard InChI is InChI=1S/C57H63N3O12/c1-7-13-22-70-43-19-16-34(25-40(43)31-58-46-49(61)52(64)55(46)67-10-4)37-28-38(35-17-20-44(71-23-14-8-2)41(26-35)32-59-47-50(62)53(65)56(47)68-11-5)30-39(29-37)36-18-21-45(72-24-15-9-3)42(27-36)33-60-48-51(63)54(66)57(48)69-12-6/h16-21,25-30,58-60H,7-15,22-24,31-33H2,1-6H3. The largest absolute Gasteiger partial charge is 0.493 e. The van der Waals surface area contributed by atoms with Crippen LogP contribution in [0.5, 0.6) is 34.5 Å². The zero-order valence-electron chi connectivity index (χ0n) is 41.9. The Bertz CT molecular complexity index is 2870. The van der Waals surface area contributed by atoms with Crippen LogP contribution >= 0.6 is 0 Å². The molecular formula is C57H63N3O12. The number of benzene rings is 4. The Hall–Kier alpha value is -7.68. The van der Waals surface area contributed by atoms with Crippen molar-refractivity contribution in [1.82, 2.24) is 0 Å². The van der Waals surface area contributed by atoms with Crippen LogP contribution in [-0.4, -0.2) is 39.6 Å². The third-order valence-electron chi connectivity index (χ3n) is 12.2. The molecule has 0 spiro atoms. The van der Waals surface area contributed by atoms with Crippen molar-refractivity contribution in [3.05, 3.63) is 151 Å². The van der Waals surface area contributed by atoms with Gasteiger partial charge in [0.15, 0.2) is 17.2 Å². The SMILES string of the molecule is CCCCOc1ccc(-c2cc(-c3ccc(OCCCC)c(CNc4c(OCC)c(=O)c4=O)c3)cc(-c3ccc(OCCCC)c(CNc4c(OCC)c(=O)c4=O)c3)c2)cc1CNc1c(OCC)c(=O)c1=O. The molecule has 0 saturated heterocycles. The van der Waals surface area contributed by atoms with Gasteiger partial charge in [-0.3, -0.25) is 28.8 Å². The van der Waals surface area contributed by atoms with Crippen LogP contribution < -0.4 is 76.9 Å². The number of hydrogen-bond acceptors (Lipinski definition) is 15. The van der Waals surface area contributed by atoms with Gasteiger partial charge in [-0.2, -0.15) is 0 Å². The highest BCUT2D eigenvalue weighted by molar-refractivity contribution is 5.83. The molecule has 0 unspecified atom stereocenters. The van der Waals surface area contributed by atoms with Gasteiger partial charge in [-0.1, -0.05) is 58.2 Å². The molecule has 72 heavy (non-hydrogen) atoms. The van der Waals surface area contributed by atoms with E-state index < -0.39 is 32.6 Å². The number of rotatable bonds is 30. The highest BCUT2D eigenvalue weighted by Crippen LogP contribution is 2.38. The lowest BCUT2D eigenvalue weighted by Crippen LogP contribution is -2.35. The van der Waals surface area contributed by atoms with Gasteiger partial charge in [0.2, 0.25) is 0 Å². The lowest BCUT2D eigenvalue weighted by Gasteiger charge is -2.19. The maximum absolute atomic E-state index is 12.7. The zero-order chi connectivity index (χ0) is 51.3. The van der Waals surface area contributed by atoms with Gasteiger partial charge in [0.05, 0.1) is 39.6 Å². The van der Waals surface area contributed by atoms with E-state index in [0.29, 0.717) is 37.1 Å². The summed E-state index contributed by atoms with van der Waals surface area (Å²) in [7, 11) is 0. The summed E-state index contributed by atoms with van der Waals surface area (Å²) in [4.78, 5) is 75.1. The van der Waals surface area contributed by atoms with Crippen molar-refractivity contribution in [2.45, 2.75) is 99.7 Å². The molecule has 0 radical (unpaired) electrons. The minimum atomic E-state index is -0.659. The molecule has 0 aliphatic heterocycles. The Labute approximate surface area is 418 Å². The Morgan fingerprint density at radius 3 is 0.861 bits per heavy atom. The van der Waals surface area contributed by atoms with Crippen molar-refractivity contribution in [2.75, 3.05) is 55.6 Å². The van der Waals surface area contributed by atoms with E-state index >= 15 is 0 Å². The molecule has 0 heterocycles. The van der Waals surface area contributed by atoms with Crippen LogP contribution in [-0.2, 0) is 19.6 Å². The molecule has 0 atom stereocenters. The van der Waals surface area contributed by atoms with E-state index in [4.69, 9.17) is 28.4 Å². The Morgan fingerprint density at radius 1 is 0.333 bits per heavy atom. The second-order valence-electron chi connectivity index (χ2n) is 17.3. The van der Waals surface area contributed by atoms with Gasteiger partial charge in [-0.05, 0) is 128 Å². The average Bonchev–Trinajstić information content (AvgIpc) is 3.40. The third-order valence-corrected chi connectivity index (χ3v) is 12.2. The van der Waals surface area contributed by atoms with Gasteiger partial charge in [-0.25, -0.2) is 0 Å². The molecule has 0 fully saturated rings. The van der Waals surface area contributed by atoms with Crippen molar-refractivity contribution >= 4 is 17.1 Å². The maximum atomic E-state index is 12.7. The van der Waals surface area contributed by atoms with Gasteiger partial charge in [-0.15, -0.1) is 0 Å². The summed E-state index contributed by atoms with van der Waals surface area (Å²) in [6.07, 6.45) is 5.32. The molecule has 3 N–H and O–H groups in total. The van der Waals surface area contributed by atoms with Gasteiger partial charge < -0.3 is 44.4 Å². The number of unbranched alkanes of at least 4 members (excludes halogenated alkanes) is 3. The first kappa shape index (κ1) is 52.2. The normalized spacial score (nSPS) is 11.2. The minimum Gasteiger partial charge on any atom is -0.493 e. The molecular weight excluding hydrogens is 919 g/mol. The lowest BCUT2D eigenvalue weighted by molar-refractivity contribution is 0.306. The predicted molar refractivity (Wildman–Crippen MR) is 284 cm³/mol. The smallest absolute Gasteiger partial charge is 0.272 e. The van der Waals surface area contributed by atoms with Crippen LogP contribution in [0, 0.1) is 0 Å². The Balaban J connectivity index is 1.35. The molecule has 7 rings (SSSR count). The molecule has 0 bridgehead atoms. The number of hydrogen-bond donors (Lipinski definition) is 3. The fourth-order valence-corrected chi connectivity index (χ4v) is 8.21. The fraction of sp³-hybridized carbons (Fsp3) is 0.368. The maximum Gasteiger partial charge on any atom is 0.272 e. The molecule has 0 aromatic heterocycles. The van der Waals surface area contributed by atoms with Gasteiger partial charge in [0.1, 0.15) is 34.3 Å². The first-order chi connectivity index (χ1) is 35.0. The zero-order valence-corrected chi connectivity index (χ0v) is 41.9. The molecule has 7 aromatic rings. The monoisotopic (exact) mass is 981 g/mol. The summed E-state index contributed by atoms with van der Waals surface area (Å²) >= 11 is 0. The summed E-state index contributed by atoms with van der Waals surface area (Å²) < 4.78 is 35.3. The van der Waals surface area contributed by atoms with Crippen LogP contribution in [0.1, 0.15) is 96.8 Å². The van der Waals surface area contributed by atoms with Crippen LogP contribution in [0.15, 0.2) is 102 Å². The Morgan fingerprint density at radius 2 is 0.611 bits per heavy atom. The van der Waals surface area contributed by atoms with E-state index in [1.807, 2.05) is 54.6 Å². The van der Waals surface area contributed by atoms with Crippen molar-refractivity contribution in [2.24, 2.45) is 0 Å². The summed E-state index contributed by atoms with van der Waals surface area (Å²) in [5, 5.41) is 9.44. The molecule has 0 saturated carbocycles. The molecule has 7 aromatic carbocycles. The van der Waals surface area contributed by atoms with E-state index in [1.54, 1.807) is 20.8 Å². The second-order valence-corrected chi connectivity index (χ2v) is 17.3. The first-order valence-corrected chi connectivity index (χ1v) is 25.0. The van der Waals surface area contributed by atoms with E-state index in [9.17, 15) is 28.8 Å². The van der Waals surface area contributed by atoms with Crippen LogP contribution in [0.4, 0.5) is 17.1 Å². The van der Waals surface area contributed by atoms with Crippen LogP contribution in [0.3, 0.4) is 0 Å². The van der Waals surface area contributed by atoms with E-state index in [1.165, 1.54) is 0 Å². The summed E-state index contributed by atoms with van der Waals surface area (Å²) in [6.45, 7) is 14.2. The van der Waals surface area contributed by atoms with Crippen LogP contribution in [0.25, 0.3) is 33.4 Å². The Kier molecular flexibility index (Phi) is 17.7. The average molecular weight is 982 g/mol. The second kappa shape index (κ2) is 24.4. The number of nitrogens with one attached hydrogen (secondary N) is 3. The van der Waals surface area contributed by atoms with Gasteiger partial charge in [0.25, 0.3) is 32.6 Å². The highest BCUT2D eigenvalue weighted by Gasteiger charge is 2.25. The molecule has 0 amide bonds. The quantitative estimate of drug-likeness (QED) is 0.0285. The number of ether oxygens (including phenoxy) is 6. The van der Waals surface area contributed by atoms with Gasteiger partial charge in [0, 0.05) is 36.3 Å². The minimum absolute atomic E-state index is 0.0237. The van der Waals surface area contributed by atoms with E-state index in [2.05, 4.69) is 54.9 Å². The summed E-state index contributed by atoms with van der Waals surface area (Å²) in [6, 6.07) is 23.9. The molecule has 378 valence electrons. The van der Waals surface area contributed by atoms with Crippen molar-refractivity contribution in [1.29, 1.82) is 0 Å². The van der Waals surface area contributed by atoms with Crippen molar-refractivity contribution in [3.63, 3.8) is 0 Å². The topological polar surface area (TPSA) is 194 Å². The van der Waals surface area contributed by atoms with E-state index in [0.717, 1.165) is 88.6 Å². The van der Waals surface area contributed by atoms with E-state index in [-0.39, 0.29) is 73.8 Å². The fourth-order valence-electron chi connectivity index (χ4n) is 8.21. The first-order valence-electron chi connectivity index (χ1n) is 25.0. The summed E-state index contributed by atoms with van der Waals surface area (Å²) in [5.74, 6) is 1.95. The predicted octanol–water partition coefficient (Wildman–Crippen LogP) is 9.04. The molecule has 0 aliphatic rings. The third kappa shape index (κ3) is 11.6. The molecule has 0 aliphatic carbocycles.